The van der Waals surface area contributed by atoms with Gasteiger partial charge >= 0.3 is 5.97 Å². The van der Waals surface area contributed by atoms with E-state index in [0.717, 1.165) is 5.52 Å². The number of aromatic nitrogens is 2. The summed E-state index contributed by atoms with van der Waals surface area (Å²) in [6.45, 7) is 0.328. The Morgan fingerprint density at radius 3 is 3.06 bits per heavy atom. The number of thiophene rings is 1. The number of H-pyrrole nitrogens is 1. The van der Waals surface area contributed by atoms with Gasteiger partial charge in [0.05, 0.1) is 5.52 Å². The van der Waals surface area contributed by atoms with Gasteiger partial charge < -0.3 is 10.1 Å². The Morgan fingerprint density at radius 1 is 1.59 bits per heavy atom. The molecule has 0 fully saturated rings. The standard InChI is InChI=1S/C10H10N2O3S2/c13-7(14)2-1-4-12-9(15)8-6(3-5-17-8)11-10(12)16/h3,5H,1-2,4H2,(H,11,16)(H,13,14). The van der Waals surface area contributed by atoms with Crippen LogP contribution in [0.2, 0.25) is 0 Å². The van der Waals surface area contributed by atoms with Crippen LogP contribution in [0.1, 0.15) is 12.8 Å². The molecular formula is C10H10N2O3S2. The zero-order valence-electron chi connectivity index (χ0n) is 8.80. The summed E-state index contributed by atoms with van der Waals surface area (Å²) in [6.07, 6.45) is 0.424. The van der Waals surface area contributed by atoms with Crippen molar-refractivity contribution in [2.24, 2.45) is 0 Å². The van der Waals surface area contributed by atoms with Gasteiger partial charge in [0.1, 0.15) is 4.70 Å². The highest BCUT2D eigenvalue weighted by molar-refractivity contribution is 7.71. The van der Waals surface area contributed by atoms with Crippen LogP contribution in [-0.4, -0.2) is 20.6 Å². The SMILES string of the molecule is O=C(O)CCCn1c(=S)[nH]c2ccsc2c1=O. The summed E-state index contributed by atoms with van der Waals surface area (Å²) < 4.78 is 2.37. The lowest BCUT2D eigenvalue weighted by Gasteiger charge is -2.04. The molecule has 0 aliphatic carbocycles. The van der Waals surface area contributed by atoms with E-state index < -0.39 is 5.97 Å². The van der Waals surface area contributed by atoms with Crippen LogP contribution < -0.4 is 5.56 Å². The first-order chi connectivity index (χ1) is 8.09. The fourth-order valence-corrected chi connectivity index (χ4v) is 2.64. The van der Waals surface area contributed by atoms with Crippen molar-refractivity contribution < 1.29 is 9.90 Å². The molecule has 0 radical (unpaired) electrons. The highest BCUT2D eigenvalue weighted by Gasteiger charge is 2.07. The molecule has 0 unspecified atom stereocenters. The number of carbonyl (C=O) groups is 1. The van der Waals surface area contributed by atoms with Gasteiger partial charge in [-0.2, -0.15) is 0 Å². The number of fused-ring (bicyclic) bond motifs is 1. The molecule has 5 nitrogen and oxygen atoms in total. The molecular weight excluding hydrogens is 260 g/mol. The normalized spacial score (nSPS) is 10.8. The van der Waals surface area contributed by atoms with E-state index in [9.17, 15) is 9.59 Å². The van der Waals surface area contributed by atoms with Crippen molar-refractivity contribution in [3.8, 4) is 0 Å². The quantitative estimate of drug-likeness (QED) is 0.833. The predicted molar refractivity (Wildman–Crippen MR) is 68.1 cm³/mol. The van der Waals surface area contributed by atoms with Gasteiger partial charge in [-0.05, 0) is 30.1 Å². The topological polar surface area (TPSA) is 75.1 Å². The van der Waals surface area contributed by atoms with Crippen LogP contribution in [0, 0.1) is 4.77 Å². The zero-order valence-corrected chi connectivity index (χ0v) is 10.4. The van der Waals surface area contributed by atoms with E-state index in [1.807, 2.05) is 5.38 Å². The second-order valence-corrected chi connectivity index (χ2v) is 4.85. The molecule has 0 aliphatic heterocycles. The number of carboxylic acids is 1. The summed E-state index contributed by atoms with van der Waals surface area (Å²) in [6, 6.07) is 1.80. The minimum atomic E-state index is -0.870. The van der Waals surface area contributed by atoms with Crippen LogP contribution in [0.5, 0.6) is 0 Å². The third-order valence-corrected chi connectivity index (χ3v) is 3.59. The van der Waals surface area contributed by atoms with Gasteiger partial charge in [-0.15, -0.1) is 11.3 Å². The van der Waals surface area contributed by atoms with Crippen LogP contribution in [0.25, 0.3) is 10.2 Å². The molecule has 0 spiro atoms. The average Bonchev–Trinajstić information content (AvgIpc) is 2.70. The van der Waals surface area contributed by atoms with E-state index in [1.54, 1.807) is 6.07 Å². The molecule has 2 aromatic heterocycles. The van der Waals surface area contributed by atoms with Crippen LogP contribution in [0.3, 0.4) is 0 Å². The van der Waals surface area contributed by atoms with Crippen molar-refractivity contribution >= 4 is 39.7 Å². The minimum Gasteiger partial charge on any atom is -0.481 e. The largest absolute Gasteiger partial charge is 0.481 e. The Balaban J connectivity index is 2.36. The van der Waals surface area contributed by atoms with E-state index >= 15 is 0 Å². The van der Waals surface area contributed by atoms with Crippen molar-refractivity contribution in [3.05, 3.63) is 26.6 Å². The van der Waals surface area contributed by atoms with E-state index in [0.29, 0.717) is 22.4 Å². The van der Waals surface area contributed by atoms with Crippen molar-refractivity contribution in [2.45, 2.75) is 19.4 Å². The lowest BCUT2D eigenvalue weighted by Crippen LogP contribution is -2.21. The molecule has 17 heavy (non-hydrogen) atoms. The molecule has 0 amide bonds. The molecule has 0 aliphatic rings. The van der Waals surface area contributed by atoms with Gasteiger partial charge in [-0.25, -0.2) is 0 Å². The second-order valence-electron chi connectivity index (χ2n) is 3.55. The van der Waals surface area contributed by atoms with Crippen LogP contribution in [0.4, 0.5) is 0 Å². The van der Waals surface area contributed by atoms with Gasteiger partial charge in [0.2, 0.25) is 0 Å². The molecule has 2 rings (SSSR count). The van der Waals surface area contributed by atoms with Crippen molar-refractivity contribution in [2.75, 3.05) is 0 Å². The van der Waals surface area contributed by atoms with Crippen molar-refractivity contribution in [1.82, 2.24) is 9.55 Å². The predicted octanol–water partition coefficient (Wildman–Crippen LogP) is 1.99. The summed E-state index contributed by atoms with van der Waals surface area (Å²) in [5, 5.41) is 10.4. The zero-order chi connectivity index (χ0) is 12.4. The lowest BCUT2D eigenvalue weighted by molar-refractivity contribution is -0.137. The third-order valence-electron chi connectivity index (χ3n) is 2.36. The van der Waals surface area contributed by atoms with E-state index in [-0.39, 0.29) is 12.0 Å². The number of aliphatic carboxylic acids is 1. The van der Waals surface area contributed by atoms with Crippen molar-refractivity contribution in [3.63, 3.8) is 0 Å². The van der Waals surface area contributed by atoms with Crippen LogP contribution >= 0.6 is 23.6 Å². The number of nitrogens with one attached hydrogen (secondary N) is 1. The minimum absolute atomic E-state index is 0.0314. The molecule has 0 bridgehead atoms. The second kappa shape index (κ2) is 4.80. The van der Waals surface area contributed by atoms with E-state index in [1.165, 1.54) is 15.9 Å². The molecule has 0 saturated carbocycles. The number of hydrogen-bond donors (Lipinski definition) is 2. The lowest BCUT2D eigenvalue weighted by atomic mass is 10.3. The van der Waals surface area contributed by atoms with Gasteiger partial charge in [0.25, 0.3) is 5.56 Å². The van der Waals surface area contributed by atoms with Gasteiger partial charge in [0, 0.05) is 13.0 Å². The van der Waals surface area contributed by atoms with E-state index in [2.05, 4.69) is 4.98 Å². The fourth-order valence-electron chi connectivity index (χ4n) is 1.56. The first kappa shape index (κ1) is 12.0. The highest BCUT2D eigenvalue weighted by atomic mass is 32.1. The van der Waals surface area contributed by atoms with Crippen LogP contribution in [-0.2, 0) is 11.3 Å². The summed E-state index contributed by atoms with van der Waals surface area (Å²) in [7, 11) is 0. The average molecular weight is 270 g/mol. The number of aromatic amines is 1. The summed E-state index contributed by atoms with van der Waals surface area (Å²) in [4.78, 5) is 25.4. The summed E-state index contributed by atoms with van der Waals surface area (Å²) >= 11 is 6.43. The molecule has 7 heteroatoms. The Kier molecular flexibility index (Phi) is 3.39. The molecule has 2 heterocycles. The maximum Gasteiger partial charge on any atom is 0.303 e. The van der Waals surface area contributed by atoms with Gasteiger partial charge in [-0.3, -0.25) is 14.2 Å². The number of carboxylic acid groups (broad SMARTS) is 1. The maximum absolute atomic E-state index is 12.0. The smallest absolute Gasteiger partial charge is 0.303 e. The Morgan fingerprint density at radius 2 is 2.35 bits per heavy atom. The molecule has 0 saturated heterocycles. The Hall–Kier alpha value is -1.47. The van der Waals surface area contributed by atoms with Crippen LogP contribution in [0.15, 0.2) is 16.2 Å². The Labute approximate surface area is 105 Å². The number of hydrogen-bond acceptors (Lipinski definition) is 4. The number of rotatable bonds is 4. The highest BCUT2D eigenvalue weighted by Crippen LogP contribution is 2.14. The van der Waals surface area contributed by atoms with E-state index in [4.69, 9.17) is 17.3 Å². The molecule has 0 aromatic carbocycles. The van der Waals surface area contributed by atoms with Gasteiger partial charge in [-0.1, -0.05) is 0 Å². The molecule has 90 valence electrons. The maximum atomic E-state index is 12.0. The molecule has 2 aromatic rings. The number of nitrogens with zero attached hydrogens (tertiary/aromatic N) is 1. The fraction of sp³-hybridized carbons (Fsp3) is 0.300. The summed E-state index contributed by atoms with van der Waals surface area (Å²) in [5.41, 5.74) is 0.587. The molecule has 0 atom stereocenters. The van der Waals surface area contributed by atoms with Crippen molar-refractivity contribution in [1.29, 1.82) is 0 Å². The molecule has 2 N–H and O–H groups in total. The monoisotopic (exact) mass is 270 g/mol. The Bertz CT molecular complexity index is 668. The van der Waals surface area contributed by atoms with Gasteiger partial charge in [0.15, 0.2) is 4.77 Å². The third kappa shape index (κ3) is 2.45. The summed E-state index contributed by atoms with van der Waals surface area (Å²) in [5.74, 6) is -0.870. The first-order valence-electron chi connectivity index (χ1n) is 5.01. The first-order valence-corrected chi connectivity index (χ1v) is 6.30.